The van der Waals surface area contributed by atoms with Gasteiger partial charge in [-0.15, -0.1) is 11.3 Å². The monoisotopic (exact) mass is 326 g/mol. The van der Waals surface area contributed by atoms with Crippen LogP contribution < -0.4 is 10.1 Å². The number of ether oxygens (including phenoxy) is 1. The average molecular weight is 327 g/mol. The number of rotatable bonds is 6. The van der Waals surface area contributed by atoms with Crippen molar-refractivity contribution in [2.24, 2.45) is 0 Å². The Hall–Kier alpha value is -0.910. The minimum Gasteiger partial charge on any atom is -0.488 e. The molecule has 0 spiro atoms. The van der Waals surface area contributed by atoms with E-state index in [0.29, 0.717) is 6.61 Å². The van der Waals surface area contributed by atoms with Gasteiger partial charge in [0.25, 0.3) is 0 Å². The Morgan fingerprint density at radius 3 is 3.06 bits per heavy atom. The lowest BCUT2D eigenvalue weighted by molar-refractivity contribution is 0.309. The fraction of sp³-hybridized carbons (Fsp3) is 0.308. The van der Waals surface area contributed by atoms with Crippen LogP contribution in [0.3, 0.4) is 0 Å². The highest BCUT2D eigenvalue weighted by atomic mass is 79.9. The molecule has 18 heavy (non-hydrogen) atoms. The first kappa shape index (κ1) is 13.5. The Morgan fingerprint density at radius 1 is 1.44 bits per heavy atom. The molecule has 0 aliphatic carbocycles. The van der Waals surface area contributed by atoms with E-state index in [9.17, 15) is 0 Å². The van der Waals surface area contributed by atoms with Crippen LogP contribution in [0.1, 0.15) is 17.4 Å². The van der Waals surface area contributed by atoms with Crippen LogP contribution in [0.4, 0.5) is 0 Å². The maximum Gasteiger partial charge on any atom is 0.124 e. The number of nitrogens with one attached hydrogen (secondary N) is 1. The van der Waals surface area contributed by atoms with Crippen LogP contribution in [0, 0.1) is 0 Å². The zero-order valence-electron chi connectivity index (χ0n) is 10.1. The van der Waals surface area contributed by atoms with Crippen molar-refractivity contribution in [2.75, 3.05) is 6.54 Å². The highest BCUT2D eigenvalue weighted by molar-refractivity contribution is 9.10. The van der Waals surface area contributed by atoms with Gasteiger partial charge in [-0.2, -0.15) is 0 Å². The average Bonchev–Trinajstić information content (AvgIpc) is 2.89. The van der Waals surface area contributed by atoms with E-state index >= 15 is 0 Å². The summed E-state index contributed by atoms with van der Waals surface area (Å²) < 4.78 is 6.85. The van der Waals surface area contributed by atoms with Crippen molar-refractivity contribution in [1.82, 2.24) is 10.3 Å². The smallest absolute Gasteiger partial charge is 0.124 e. The minimum absolute atomic E-state index is 0.576. The van der Waals surface area contributed by atoms with Crippen LogP contribution in [0.2, 0.25) is 0 Å². The van der Waals surface area contributed by atoms with E-state index in [4.69, 9.17) is 4.74 Å². The molecule has 0 saturated heterocycles. The van der Waals surface area contributed by atoms with Gasteiger partial charge < -0.3 is 10.1 Å². The molecule has 96 valence electrons. The van der Waals surface area contributed by atoms with Crippen LogP contribution in [0.5, 0.6) is 5.75 Å². The van der Waals surface area contributed by atoms with E-state index in [1.165, 1.54) is 5.56 Å². The predicted octanol–water partition coefficient (Wildman–Crippen LogP) is 3.59. The first-order valence-corrected chi connectivity index (χ1v) is 7.46. The van der Waals surface area contributed by atoms with E-state index in [-0.39, 0.29) is 0 Å². The third-order valence-electron chi connectivity index (χ3n) is 2.45. The van der Waals surface area contributed by atoms with Gasteiger partial charge in [-0.25, -0.2) is 0 Å². The van der Waals surface area contributed by atoms with E-state index < -0.39 is 0 Å². The molecular formula is C13H15BrN2OS. The molecule has 0 atom stereocenters. The first-order valence-electron chi connectivity index (χ1n) is 5.79. The summed E-state index contributed by atoms with van der Waals surface area (Å²) in [5.74, 6) is 0.888. The van der Waals surface area contributed by atoms with Crippen molar-refractivity contribution < 1.29 is 4.74 Å². The van der Waals surface area contributed by atoms with Crippen LogP contribution >= 0.6 is 27.3 Å². The number of halogens is 1. The summed E-state index contributed by atoms with van der Waals surface area (Å²) in [6, 6.07) is 6.06. The second kappa shape index (κ2) is 6.87. The molecule has 0 aliphatic heterocycles. The summed E-state index contributed by atoms with van der Waals surface area (Å²) in [7, 11) is 0. The lowest BCUT2D eigenvalue weighted by Gasteiger charge is -2.09. The minimum atomic E-state index is 0.576. The molecule has 1 aromatic heterocycles. The summed E-state index contributed by atoms with van der Waals surface area (Å²) in [5, 5.41) is 3.31. The first-order chi connectivity index (χ1) is 8.79. The number of aromatic nitrogens is 1. The molecule has 2 rings (SSSR count). The maximum atomic E-state index is 5.75. The molecule has 0 unspecified atom stereocenters. The van der Waals surface area contributed by atoms with Crippen molar-refractivity contribution >= 4 is 27.3 Å². The van der Waals surface area contributed by atoms with Gasteiger partial charge in [-0.05, 0) is 30.3 Å². The van der Waals surface area contributed by atoms with Crippen molar-refractivity contribution in [2.45, 2.75) is 20.1 Å². The van der Waals surface area contributed by atoms with E-state index in [2.05, 4.69) is 39.2 Å². The molecule has 0 amide bonds. The van der Waals surface area contributed by atoms with Gasteiger partial charge in [-0.1, -0.05) is 22.9 Å². The number of benzene rings is 1. The lowest BCUT2D eigenvalue weighted by atomic mass is 10.2. The molecule has 3 nitrogen and oxygen atoms in total. The van der Waals surface area contributed by atoms with Crippen LogP contribution in [-0.2, 0) is 13.2 Å². The molecular weight excluding hydrogens is 312 g/mol. The van der Waals surface area contributed by atoms with Gasteiger partial charge in [0.1, 0.15) is 12.4 Å². The Morgan fingerprint density at radius 2 is 2.33 bits per heavy atom. The van der Waals surface area contributed by atoms with Gasteiger partial charge in [0.2, 0.25) is 0 Å². The summed E-state index contributed by atoms with van der Waals surface area (Å²) in [5.41, 5.74) is 3.02. The van der Waals surface area contributed by atoms with Crippen molar-refractivity contribution in [3.8, 4) is 5.75 Å². The SMILES string of the molecule is CCNCc1cc(OCc2cncs2)ccc1Br. The molecule has 0 saturated carbocycles. The predicted molar refractivity (Wildman–Crippen MR) is 78.0 cm³/mol. The van der Waals surface area contributed by atoms with Crippen LogP contribution in [0.25, 0.3) is 0 Å². The lowest BCUT2D eigenvalue weighted by Crippen LogP contribution is -2.12. The van der Waals surface area contributed by atoms with Crippen LogP contribution in [0.15, 0.2) is 34.4 Å². The largest absolute Gasteiger partial charge is 0.488 e. The quantitative estimate of drug-likeness (QED) is 0.880. The zero-order valence-corrected chi connectivity index (χ0v) is 12.6. The second-order valence-corrected chi connectivity index (χ2v) is 5.62. The molecule has 1 N–H and O–H groups in total. The standard InChI is InChI=1S/C13H15BrN2OS/c1-2-15-6-10-5-11(3-4-13(10)14)17-8-12-7-16-9-18-12/h3-5,7,9,15H,2,6,8H2,1H3. The molecule has 1 aromatic carbocycles. The normalized spacial score (nSPS) is 10.6. The molecule has 5 heteroatoms. The van der Waals surface area contributed by atoms with Gasteiger partial charge >= 0.3 is 0 Å². The van der Waals surface area contributed by atoms with Crippen LogP contribution in [-0.4, -0.2) is 11.5 Å². The third kappa shape index (κ3) is 3.80. The Balaban J connectivity index is 2.00. The molecule has 0 aliphatic rings. The van der Waals surface area contributed by atoms with E-state index in [1.54, 1.807) is 11.3 Å². The maximum absolute atomic E-state index is 5.75. The molecule has 0 bridgehead atoms. The van der Waals surface area contributed by atoms with Crippen molar-refractivity contribution in [1.29, 1.82) is 0 Å². The van der Waals surface area contributed by atoms with Gasteiger partial charge in [0.05, 0.1) is 10.4 Å². The van der Waals surface area contributed by atoms with Crippen molar-refractivity contribution in [3.63, 3.8) is 0 Å². The van der Waals surface area contributed by atoms with Crippen molar-refractivity contribution in [3.05, 3.63) is 44.8 Å². The zero-order chi connectivity index (χ0) is 12.8. The Labute approximate surface area is 119 Å². The third-order valence-corrected chi connectivity index (χ3v) is 3.97. The number of hydrogen-bond acceptors (Lipinski definition) is 4. The second-order valence-electron chi connectivity index (χ2n) is 3.79. The summed E-state index contributed by atoms with van der Waals surface area (Å²) >= 11 is 5.15. The highest BCUT2D eigenvalue weighted by Crippen LogP contribution is 2.23. The summed E-state index contributed by atoms with van der Waals surface area (Å²) in [6.07, 6.45) is 1.84. The molecule has 2 aromatic rings. The van der Waals surface area contributed by atoms with Gasteiger partial charge in [-0.3, -0.25) is 4.98 Å². The van der Waals surface area contributed by atoms with Gasteiger partial charge in [0, 0.05) is 17.2 Å². The molecule has 0 fully saturated rings. The Bertz CT molecular complexity index is 488. The molecule has 1 heterocycles. The fourth-order valence-electron chi connectivity index (χ4n) is 1.50. The number of thiazole rings is 1. The van der Waals surface area contributed by atoms with Gasteiger partial charge in [0.15, 0.2) is 0 Å². The fourth-order valence-corrected chi connectivity index (χ4v) is 2.40. The molecule has 0 radical (unpaired) electrons. The van der Waals surface area contributed by atoms with E-state index in [0.717, 1.165) is 28.2 Å². The summed E-state index contributed by atoms with van der Waals surface area (Å²) in [6.45, 7) is 4.47. The topological polar surface area (TPSA) is 34.1 Å². The Kier molecular flexibility index (Phi) is 5.16. The summed E-state index contributed by atoms with van der Waals surface area (Å²) in [4.78, 5) is 5.16. The van der Waals surface area contributed by atoms with E-state index in [1.807, 2.05) is 23.8 Å². The highest BCUT2D eigenvalue weighted by Gasteiger charge is 2.03. The number of nitrogens with zero attached hydrogens (tertiary/aromatic N) is 1. The number of hydrogen-bond donors (Lipinski definition) is 1.